The van der Waals surface area contributed by atoms with Crippen LogP contribution in [0.25, 0.3) is 0 Å². The van der Waals surface area contributed by atoms with E-state index in [0.29, 0.717) is 11.3 Å². The summed E-state index contributed by atoms with van der Waals surface area (Å²) in [6.07, 6.45) is 0. The van der Waals surface area contributed by atoms with Crippen LogP contribution in [0.3, 0.4) is 0 Å². The number of nitrogens with zero attached hydrogens (tertiary/aromatic N) is 2. The maximum absolute atomic E-state index is 12.6. The molecular weight excluding hydrogens is 376 g/mol. The average Bonchev–Trinajstić information content (AvgIpc) is 2.75. The normalized spacial score (nSPS) is 15.5. The van der Waals surface area contributed by atoms with Gasteiger partial charge in [0, 0.05) is 48.8 Å². The third-order valence-electron chi connectivity index (χ3n) is 5.72. The molecule has 1 saturated heterocycles. The number of likely N-dealkylation sites (N-methyl/N-ethyl adjacent to an activating group) is 1. The largest absolute Gasteiger partial charge is 0.374 e. The van der Waals surface area contributed by atoms with Gasteiger partial charge in [-0.3, -0.25) is 9.59 Å². The lowest BCUT2D eigenvalue weighted by Gasteiger charge is -2.35. The van der Waals surface area contributed by atoms with E-state index in [1.165, 1.54) is 12.6 Å². The molecule has 1 aliphatic heterocycles. The Labute approximate surface area is 179 Å². The van der Waals surface area contributed by atoms with Crippen molar-refractivity contribution in [3.8, 4) is 0 Å². The van der Waals surface area contributed by atoms with Crippen molar-refractivity contribution in [2.45, 2.75) is 33.7 Å². The van der Waals surface area contributed by atoms with Crippen LogP contribution in [0.2, 0.25) is 0 Å². The summed E-state index contributed by atoms with van der Waals surface area (Å²) in [7, 11) is 0. The molecule has 1 fully saturated rings. The fourth-order valence-corrected chi connectivity index (χ4v) is 3.67. The molecule has 0 saturated carbocycles. The van der Waals surface area contributed by atoms with Crippen molar-refractivity contribution in [2.75, 3.05) is 48.3 Å². The lowest BCUT2D eigenvalue weighted by atomic mass is 10.1. The molecule has 1 amide bonds. The number of carbonyl (C=O) groups is 2. The minimum absolute atomic E-state index is 0.00840. The van der Waals surface area contributed by atoms with Gasteiger partial charge in [0.15, 0.2) is 5.78 Å². The fraction of sp³-hybridized carbons (Fsp3) is 0.417. The van der Waals surface area contributed by atoms with Crippen molar-refractivity contribution in [3.05, 3.63) is 53.6 Å². The van der Waals surface area contributed by atoms with E-state index in [1.807, 2.05) is 6.92 Å². The highest BCUT2D eigenvalue weighted by atomic mass is 16.2. The number of aryl methyl sites for hydroxylation is 1. The number of hydrogen-bond acceptors (Lipinski definition) is 5. The molecule has 1 heterocycles. The summed E-state index contributed by atoms with van der Waals surface area (Å²) in [4.78, 5) is 28.8. The molecule has 1 atom stereocenters. The monoisotopic (exact) mass is 408 g/mol. The number of ketones is 1. The minimum atomic E-state index is -0.393. The van der Waals surface area contributed by atoms with Crippen LogP contribution in [0.5, 0.6) is 0 Å². The zero-order valence-corrected chi connectivity index (χ0v) is 18.4. The standard InChI is InChI=1S/C24H32N4O2/c1-5-27-12-14-28(15-13-27)22-10-11-23(17(2)16-22)25-18(3)24(30)26-21-8-6-20(7-9-21)19(4)29/h6-11,16,18,25H,5,12-15H2,1-4H3,(H,26,30)/t18-/m0/s1. The summed E-state index contributed by atoms with van der Waals surface area (Å²) in [5, 5.41) is 6.21. The summed E-state index contributed by atoms with van der Waals surface area (Å²) in [6, 6.07) is 12.9. The maximum Gasteiger partial charge on any atom is 0.246 e. The van der Waals surface area contributed by atoms with E-state index in [1.54, 1.807) is 24.3 Å². The number of carbonyl (C=O) groups excluding carboxylic acids is 2. The zero-order chi connectivity index (χ0) is 21.7. The molecule has 1 aliphatic rings. The van der Waals surface area contributed by atoms with Crippen LogP contribution in [-0.4, -0.2) is 55.4 Å². The molecule has 6 heteroatoms. The second kappa shape index (κ2) is 9.76. The second-order valence-electron chi connectivity index (χ2n) is 7.91. The topological polar surface area (TPSA) is 64.7 Å². The van der Waals surface area contributed by atoms with Crippen LogP contribution < -0.4 is 15.5 Å². The van der Waals surface area contributed by atoms with Crippen molar-refractivity contribution in [1.82, 2.24) is 4.90 Å². The first-order valence-corrected chi connectivity index (χ1v) is 10.6. The van der Waals surface area contributed by atoms with Gasteiger partial charge in [-0.15, -0.1) is 0 Å². The lowest BCUT2D eigenvalue weighted by molar-refractivity contribution is -0.116. The van der Waals surface area contributed by atoms with E-state index in [9.17, 15) is 9.59 Å². The van der Waals surface area contributed by atoms with Crippen LogP contribution in [0.1, 0.15) is 36.7 Å². The van der Waals surface area contributed by atoms with Gasteiger partial charge in [0.2, 0.25) is 5.91 Å². The van der Waals surface area contributed by atoms with Crippen LogP contribution in [0, 0.1) is 6.92 Å². The Morgan fingerprint density at radius 3 is 2.27 bits per heavy atom. The van der Waals surface area contributed by atoms with Gasteiger partial charge < -0.3 is 20.4 Å². The Morgan fingerprint density at radius 2 is 1.70 bits per heavy atom. The Bertz CT molecular complexity index is 887. The van der Waals surface area contributed by atoms with E-state index in [4.69, 9.17) is 0 Å². The summed E-state index contributed by atoms with van der Waals surface area (Å²) in [6.45, 7) is 13.0. The smallest absolute Gasteiger partial charge is 0.246 e. The third-order valence-corrected chi connectivity index (χ3v) is 5.72. The Kier molecular flexibility index (Phi) is 7.11. The summed E-state index contributed by atoms with van der Waals surface area (Å²) in [5.74, 6) is -0.112. The van der Waals surface area contributed by atoms with Gasteiger partial charge in [-0.1, -0.05) is 6.92 Å². The van der Waals surface area contributed by atoms with E-state index < -0.39 is 6.04 Å². The Hall–Kier alpha value is -2.86. The quantitative estimate of drug-likeness (QED) is 0.683. The first kappa shape index (κ1) is 21.8. The number of hydrogen-bond donors (Lipinski definition) is 2. The van der Waals surface area contributed by atoms with Gasteiger partial charge in [-0.2, -0.15) is 0 Å². The number of piperazine rings is 1. The number of rotatable bonds is 7. The molecular formula is C24H32N4O2. The average molecular weight is 409 g/mol. The molecule has 0 unspecified atom stereocenters. The molecule has 6 nitrogen and oxygen atoms in total. The number of anilines is 3. The van der Waals surface area contributed by atoms with Gasteiger partial charge in [0.05, 0.1) is 0 Å². The van der Waals surface area contributed by atoms with Crippen molar-refractivity contribution in [1.29, 1.82) is 0 Å². The highest BCUT2D eigenvalue weighted by Crippen LogP contribution is 2.24. The van der Waals surface area contributed by atoms with Crippen molar-refractivity contribution >= 4 is 28.8 Å². The number of amides is 1. The van der Waals surface area contributed by atoms with Crippen molar-refractivity contribution < 1.29 is 9.59 Å². The van der Waals surface area contributed by atoms with Gasteiger partial charge in [-0.25, -0.2) is 0 Å². The molecule has 0 spiro atoms. The van der Waals surface area contributed by atoms with Gasteiger partial charge in [0.1, 0.15) is 6.04 Å². The molecule has 0 radical (unpaired) electrons. The number of Topliss-reactive ketones (excluding diaryl/α,β-unsaturated/α-hetero) is 1. The molecule has 30 heavy (non-hydrogen) atoms. The second-order valence-corrected chi connectivity index (χ2v) is 7.91. The number of nitrogens with one attached hydrogen (secondary N) is 2. The van der Waals surface area contributed by atoms with Crippen LogP contribution in [0.4, 0.5) is 17.1 Å². The molecule has 2 N–H and O–H groups in total. The minimum Gasteiger partial charge on any atom is -0.374 e. The predicted octanol–water partition coefficient (Wildman–Crippen LogP) is 3.78. The first-order valence-electron chi connectivity index (χ1n) is 10.6. The number of benzene rings is 2. The predicted molar refractivity (Wildman–Crippen MR) is 124 cm³/mol. The molecule has 3 rings (SSSR count). The molecule has 0 aromatic heterocycles. The summed E-state index contributed by atoms with van der Waals surface area (Å²) < 4.78 is 0. The molecule has 2 aromatic rings. The third kappa shape index (κ3) is 5.39. The van der Waals surface area contributed by atoms with Gasteiger partial charge in [-0.05, 0) is 75.3 Å². The van der Waals surface area contributed by atoms with Crippen molar-refractivity contribution in [3.63, 3.8) is 0 Å². The van der Waals surface area contributed by atoms with Gasteiger partial charge in [0.25, 0.3) is 0 Å². The van der Waals surface area contributed by atoms with Crippen LogP contribution in [0.15, 0.2) is 42.5 Å². The highest BCUT2D eigenvalue weighted by Gasteiger charge is 2.18. The van der Waals surface area contributed by atoms with Crippen LogP contribution >= 0.6 is 0 Å². The molecule has 0 bridgehead atoms. The van der Waals surface area contributed by atoms with E-state index in [-0.39, 0.29) is 11.7 Å². The van der Waals surface area contributed by atoms with Gasteiger partial charge >= 0.3 is 0 Å². The molecule has 0 aliphatic carbocycles. The summed E-state index contributed by atoms with van der Waals surface area (Å²) in [5.41, 5.74) is 4.62. The molecule has 2 aromatic carbocycles. The van der Waals surface area contributed by atoms with E-state index in [0.717, 1.165) is 44.0 Å². The van der Waals surface area contributed by atoms with E-state index >= 15 is 0 Å². The summed E-state index contributed by atoms with van der Waals surface area (Å²) >= 11 is 0. The molecule has 160 valence electrons. The highest BCUT2D eigenvalue weighted by molar-refractivity contribution is 5.98. The van der Waals surface area contributed by atoms with Crippen LogP contribution in [-0.2, 0) is 4.79 Å². The van der Waals surface area contributed by atoms with Crippen molar-refractivity contribution in [2.24, 2.45) is 0 Å². The maximum atomic E-state index is 12.6. The SMILES string of the molecule is CCN1CCN(c2ccc(N[C@@H](C)C(=O)Nc3ccc(C(C)=O)cc3)c(C)c2)CC1. The Balaban J connectivity index is 1.58. The zero-order valence-electron chi connectivity index (χ0n) is 18.4. The fourth-order valence-electron chi connectivity index (χ4n) is 3.67. The lowest BCUT2D eigenvalue weighted by Crippen LogP contribution is -2.46. The Morgan fingerprint density at radius 1 is 1.03 bits per heavy atom. The first-order chi connectivity index (χ1) is 14.4. The van der Waals surface area contributed by atoms with E-state index in [2.05, 4.69) is 52.5 Å².